The molecule has 6 heteroatoms. The highest BCUT2D eigenvalue weighted by molar-refractivity contribution is 6.46. The number of aryl methyl sites for hydroxylation is 1. The summed E-state index contributed by atoms with van der Waals surface area (Å²) in [4.78, 5) is 28.8. The van der Waals surface area contributed by atoms with Gasteiger partial charge in [0.05, 0.1) is 25.5 Å². The van der Waals surface area contributed by atoms with Crippen LogP contribution in [-0.4, -0.2) is 26.0 Å². The van der Waals surface area contributed by atoms with Crippen LogP contribution in [0.2, 0.25) is 0 Å². The fraction of sp³-hybridized carbons (Fsp3) is 0.103. The molecule has 0 saturated carbocycles. The first-order chi connectivity index (χ1) is 17.0. The molecule has 5 rings (SSSR count). The molecule has 4 aromatic rings. The quantitative estimate of drug-likeness (QED) is 0.378. The average Bonchev–Trinajstić information content (AvgIpc) is 3.12. The van der Waals surface area contributed by atoms with Gasteiger partial charge in [0.2, 0.25) is 0 Å². The predicted molar refractivity (Wildman–Crippen MR) is 138 cm³/mol. The van der Waals surface area contributed by atoms with Crippen LogP contribution in [0, 0.1) is 6.92 Å². The Balaban J connectivity index is 1.68. The molecule has 0 radical (unpaired) electrons. The average molecular weight is 465 g/mol. The third-order valence-electron chi connectivity index (χ3n) is 6.07. The van der Waals surface area contributed by atoms with Gasteiger partial charge in [-0.2, -0.15) is 0 Å². The van der Waals surface area contributed by atoms with Crippen molar-refractivity contribution < 1.29 is 19.1 Å². The molecular weight excluding hydrogens is 440 g/mol. The Kier molecular flexibility index (Phi) is 5.71. The smallest absolute Gasteiger partial charge is 0.282 e. The highest BCUT2D eigenvalue weighted by Gasteiger charge is 2.40. The van der Waals surface area contributed by atoms with Crippen LogP contribution < -0.4 is 19.7 Å². The lowest BCUT2D eigenvalue weighted by Crippen LogP contribution is -2.32. The van der Waals surface area contributed by atoms with Gasteiger partial charge in [-0.15, -0.1) is 0 Å². The minimum atomic E-state index is -0.418. The SMILES string of the molecule is COc1ccc(C2=C(Nc3cccc4ccccc34)C(=O)N(c3cccc(C)c3)C2=O)cc1OC. The molecule has 2 amide bonds. The van der Waals surface area contributed by atoms with Gasteiger partial charge < -0.3 is 14.8 Å². The molecule has 0 bridgehead atoms. The fourth-order valence-corrected chi connectivity index (χ4v) is 4.38. The van der Waals surface area contributed by atoms with Crippen molar-refractivity contribution in [1.82, 2.24) is 0 Å². The van der Waals surface area contributed by atoms with Crippen LogP contribution in [0.5, 0.6) is 11.5 Å². The normalized spacial score (nSPS) is 13.5. The summed E-state index contributed by atoms with van der Waals surface area (Å²) in [5, 5.41) is 5.26. The molecule has 174 valence electrons. The zero-order valence-corrected chi connectivity index (χ0v) is 19.7. The molecule has 0 aliphatic carbocycles. The third kappa shape index (κ3) is 3.89. The van der Waals surface area contributed by atoms with E-state index in [1.807, 2.05) is 67.6 Å². The number of nitrogens with one attached hydrogen (secondary N) is 1. The number of nitrogens with zero attached hydrogens (tertiary/aromatic N) is 1. The molecule has 0 atom stereocenters. The number of anilines is 2. The van der Waals surface area contributed by atoms with Gasteiger partial charge in [-0.1, -0.05) is 54.6 Å². The molecule has 1 heterocycles. The van der Waals surface area contributed by atoms with Gasteiger partial charge in [-0.25, -0.2) is 4.90 Å². The molecule has 0 spiro atoms. The van der Waals surface area contributed by atoms with Crippen molar-refractivity contribution in [3.63, 3.8) is 0 Å². The topological polar surface area (TPSA) is 67.9 Å². The Hall–Kier alpha value is -4.58. The maximum absolute atomic E-state index is 13.8. The minimum Gasteiger partial charge on any atom is -0.493 e. The molecule has 0 unspecified atom stereocenters. The predicted octanol–water partition coefficient (Wildman–Crippen LogP) is 5.56. The van der Waals surface area contributed by atoms with Crippen LogP contribution >= 0.6 is 0 Å². The molecule has 0 fully saturated rings. The van der Waals surface area contributed by atoms with Crippen molar-refractivity contribution in [2.45, 2.75) is 6.92 Å². The van der Waals surface area contributed by atoms with E-state index in [4.69, 9.17) is 9.47 Å². The molecule has 1 aliphatic rings. The van der Waals surface area contributed by atoms with E-state index in [9.17, 15) is 9.59 Å². The van der Waals surface area contributed by atoms with Crippen LogP contribution in [0.25, 0.3) is 16.3 Å². The standard InChI is InChI=1S/C29H24N2O4/c1-18-8-6-11-21(16-18)31-28(32)26(20-14-15-24(34-2)25(17-20)35-3)27(29(31)33)30-23-13-7-10-19-9-4-5-12-22(19)23/h4-17,30H,1-3H3. The van der Waals surface area contributed by atoms with Crippen LogP contribution in [0.4, 0.5) is 11.4 Å². The van der Waals surface area contributed by atoms with E-state index in [1.54, 1.807) is 31.4 Å². The largest absolute Gasteiger partial charge is 0.493 e. The van der Waals surface area contributed by atoms with E-state index in [0.717, 1.165) is 22.0 Å². The second-order valence-electron chi connectivity index (χ2n) is 8.26. The number of methoxy groups -OCH3 is 2. The van der Waals surface area contributed by atoms with E-state index in [-0.39, 0.29) is 11.3 Å². The summed E-state index contributed by atoms with van der Waals surface area (Å²) in [5.74, 6) is 0.179. The van der Waals surface area contributed by atoms with E-state index < -0.39 is 11.8 Å². The number of carbonyl (C=O) groups is 2. The van der Waals surface area contributed by atoms with E-state index in [0.29, 0.717) is 22.7 Å². The zero-order chi connectivity index (χ0) is 24.5. The lowest BCUT2D eigenvalue weighted by molar-refractivity contribution is -0.120. The first-order valence-corrected chi connectivity index (χ1v) is 11.2. The summed E-state index contributed by atoms with van der Waals surface area (Å²) in [6.07, 6.45) is 0. The maximum atomic E-state index is 13.8. The zero-order valence-electron chi connectivity index (χ0n) is 19.7. The van der Waals surface area contributed by atoms with E-state index >= 15 is 0 Å². The number of benzene rings is 4. The van der Waals surface area contributed by atoms with Crippen molar-refractivity contribution in [3.8, 4) is 11.5 Å². The molecule has 1 N–H and O–H groups in total. The van der Waals surface area contributed by atoms with Crippen molar-refractivity contribution in [2.24, 2.45) is 0 Å². The maximum Gasteiger partial charge on any atom is 0.282 e. The second kappa shape index (κ2) is 8.99. The number of ether oxygens (including phenoxy) is 2. The number of imide groups is 1. The van der Waals surface area contributed by atoms with E-state index in [2.05, 4.69) is 5.32 Å². The Labute approximate surface area is 203 Å². The monoisotopic (exact) mass is 464 g/mol. The first-order valence-electron chi connectivity index (χ1n) is 11.2. The lowest BCUT2D eigenvalue weighted by Gasteiger charge is -2.16. The van der Waals surface area contributed by atoms with Crippen molar-refractivity contribution in [1.29, 1.82) is 0 Å². The van der Waals surface area contributed by atoms with Gasteiger partial charge in [-0.05, 0) is 53.8 Å². The van der Waals surface area contributed by atoms with Crippen LogP contribution in [0.15, 0.2) is 90.6 Å². The van der Waals surface area contributed by atoms with Crippen LogP contribution in [0.1, 0.15) is 11.1 Å². The van der Waals surface area contributed by atoms with Gasteiger partial charge in [0.15, 0.2) is 11.5 Å². The molecule has 4 aromatic carbocycles. The number of rotatable bonds is 6. The van der Waals surface area contributed by atoms with Crippen molar-refractivity contribution in [3.05, 3.63) is 102 Å². The van der Waals surface area contributed by atoms with Crippen LogP contribution in [-0.2, 0) is 9.59 Å². The van der Waals surface area contributed by atoms with Gasteiger partial charge >= 0.3 is 0 Å². The number of amides is 2. The second-order valence-corrected chi connectivity index (χ2v) is 8.26. The Morgan fingerprint density at radius 2 is 1.49 bits per heavy atom. The number of hydrogen-bond acceptors (Lipinski definition) is 5. The molecule has 0 aromatic heterocycles. The van der Waals surface area contributed by atoms with Gasteiger partial charge in [-0.3, -0.25) is 9.59 Å². The summed E-state index contributed by atoms with van der Waals surface area (Å²) in [5.41, 5.74) is 3.24. The Morgan fingerprint density at radius 3 is 2.26 bits per heavy atom. The van der Waals surface area contributed by atoms with Gasteiger partial charge in [0, 0.05) is 11.1 Å². The summed E-state index contributed by atoms with van der Waals surface area (Å²) in [6, 6.07) is 26.2. The van der Waals surface area contributed by atoms with Crippen LogP contribution in [0.3, 0.4) is 0 Å². The highest BCUT2D eigenvalue weighted by atomic mass is 16.5. The molecule has 0 saturated heterocycles. The number of carbonyl (C=O) groups excluding carboxylic acids is 2. The summed E-state index contributed by atoms with van der Waals surface area (Å²) in [6.45, 7) is 1.92. The fourth-order valence-electron chi connectivity index (χ4n) is 4.38. The lowest BCUT2D eigenvalue weighted by atomic mass is 10.0. The minimum absolute atomic E-state index is 0.208. The summed E-state index contributed by atoms with van der Waals surface area (Å²) >= 11 is 0. The molecule has 1 aliphatic heterocycles. The number of hydrogen-bond donors (Lipinski definition) is 1. The van der Waals surface area contributed by atoms with Crippen molar-refractivity contribution in [2.75, 3.05) is 24.4 Å². The first kappa shape index (κ1) is 22.2. The summed E-state index contributed by atoms with van der Waals surface area (Å²) in [7, 11) is 3.08. The van der Waals surface area contributed by atoms with Crippen molar-refractivity contribution >= 4 is 39.5 Å². The Bertz CT molecular complexity index is 1500. The highest BCUT2D eigenvalue weighted by Crippen LogP contribution is 2.38. The number of fused-ring (bicyclic) bond motifs is 1. The molecule has 6 nitrogen and oxygen atoms in total. The van der Waals surface area contributed by atoms with Gasteiger partial charge in [0.1, 0.15) is 5.70 Å². The Morgan fingerprint density at radius 1 is 0.743 bits per heavy atom. The summed E-state index contributed by atoms with van der Waals surface area (Å²) < 4.78 is 10.8. The van der Waals surface area contributed by atoms with Gasteiger partial charge in [0.25, 0.3) is 11.8 Å². The molecule has 35 heavy (non-hydrogen) atoms. The van der Waals surface area contributed by atoms with E-state index in [1.165, 1.54) is 12.0 Å². The molecular formula is C29H24N2O4. The third-order valence-corrected chi connectivity index (χ3v) is 6.07.